The fraction of sp³-hybridized carbons (Fsp3) is 0.450. The smallest absolute Gasteiger partial charge is 0.341 e. The van der Waals surface area contributed by atoms with E-state index < -0.39 is 36.3 Å². The number of imidazole rings is 1. The van der Waals surface area contributed by atoms with Crippen molar-refractivity contribution < 1.29 is 33.3 Å². The number of nitrogens with zero attached hydrogens (tertiary/aromatic N) is 6. The molecular weight excluding hydrogens is 450 g/mol. The van der Waals surface area contributed by atoms with E-state index >= 15 is 0 Å². The van der Waals surface area contributed by atoms with Gasteiger partial charge in [0, 0.05) is 26.5 Å². The number of carbonyl (C=O) groups is 3. The van der Waals surface area contributed by atoms with Crippen LogP contribution in [0.5, 0.6) is 0 Å². The van der Waals surface area contributed by atoms with Crippen LogP contribution in [-0.2, 0) is 28.5 Å². The molecule has 3 aromatic heterocycles. The van der Waals surface area contributed by atoms with Crippen LogP contribution in [0.25, 0.3) is 17.1 Å². The monoisotopic (exact) mass is 473 g/mol. The van der Waals surface area contributed by atoms with Gasteiger partial charge in [-0.1, -0.05) is 0 Å². The molecule has 0 amide bonds. The van der Waals surface area contributed by atoms with Crippen molar-refractivity contribution in [3.63, 3.8) is 0 Å². The molecule has 0 spiro atoms. The van der Waals surface area contributed by atoms with Crippen molar-refractivity contribution in [3.05, 3.63) is 24.3 Å². The van der Waals surface area contributed by atoms with Gasteiger partial charge in [0.15, 0.2) is 11.5 Å². The fourth-order valence-electron chi connectivity index (χ4n) is 3.55. The summed E-state index contributed by atoms with van der Waals surface area (Å²) in [7, 11) is 0. The lowest BCUT2D eigenvalue weighted by molar-refractivity contribution is -0.155. The lowest BCUT2D eigenvalue weighted by Crippen LogP contribution is -2.31. The average molecular weight is 473 g/mol. The second-order valence-electron chi connectivity index (χ2n) is 7.44. The molecule has 0 saturated carbocycles. The number of fused-ring (bicyclic) bond motifs is 1. The van der Waals surface area contributed by atoms with Gasteiger partial charge >= 0.3 is 17.9 Å². The molecule has 1 aliphatic heterocycles. The van der Waals surface area contributed by atoms with Gasteiger partial charge < -0.3 is 24.7 Å². The Morgan fingerprint density at radius 1 is 1.21 bits per heavy atom. The van der Waals surface area contributed by atoms with E-state index in [1.165, 1.54) is 37.3 Å². The van der Waals surface area contributed by atoms with Crippen LogP contribution in [0, 0.1) is 0 Å². The molecule has 0 radical (unpaired) electrons. The minimum atomic E-state index is -0.674. The molecule has 2 N–H and O–H groups in total. The van der Waals surface area contributed by atoms with Crippen molar-refractivity contribution in [2.45, 2.75) is 45.6 Å². The molecule has 3 aromatic rings. The number of hydrogen-bond donors (Lipinski definition) is 1. The maximum Gasteiger partial charge on any atom is 0.341 e. The molecule has 34 heavy (non-hydrogen) atoms. The van der Waals surface area contributed by atoms with Gasteiger partial charge in [0.25, 0.3) is 5.95 Å². The summed E-state index contributed by atoms with van der Waals surface area (Å²) >= 11 is 0. The summed E-state index contributed by atoms with van der Waals surface area (Å²) in [5, 5.41) is 4.12. The Bertz CT molecular complexity index is 1240. The van der Waals surface area contributed by atoms with Crippen molar-refractivity contribution in [1.29, 1.82) is 0 Å². The number of rotatable bonds is 7. The largest absolute Gasteiger partial charge is 0.463 e. The molecular formula is C20H23N7O7. The summed E-state index contributed by atoms with van der Waals surface area (Å²) in [6.45, 7) is 4.42. The second kappa shape index (κ2) is 9.43. The lowest BCUT2D eigenvalue weighted by Gasteiger charge is -2.17. The van der Waals surface area contributed by atoms with Gasteiger partial charge in [0.2, 0.25) is 0 Å². The molecule has 0 aromatic carbocycles. The predicted octanol–water partition coefficient (Wildman–Crippen LogP) is 0.553. The standard InChI is InChI=1S/C20H23N7O7/c1-4-31-19(30)12-6-23-27(7-12)20-24-17(21)16-18(25-20)26(9-22-16)15-5-13(33-11(3)29)14(34-15)8-32-10(2)28/h6-7,9,13-15H,4-5,8H2,1-3H3,(H2,21,24,25)/t13-,14-,15-/m1/s1. The van der Waals surface area contributed by atoms with Crippen molar-refractivity contribution in [2.75, 3.05) is 18.9 Å². The first-order chi connectivity index (χ1) is 16.3. The zero-order valence-electron chi connectivity index (χ0n) is 18.7. The van der Waals surface area contributed by atoms with Crippen LogP contribution in [-0.4, -0.2) is 72.6 Å². The Kier molecular flexibility index (Phi) is 6.40. The highest BCUT2D eigenvalue weighted by molar-refractivity contribution is 5.89. The number of nitrogen functional groups attached to an aromatic ring is 1. The van der Waals surface area contributed by atoms with Crippen molar-refractivity contribution in [2.24, 2.45) is 0 Å². The topological polar surface area (TPSA) is 176 Å². The van der Waals surface area contributed by atoms with Crippen LogP contribution in [0.15, 0.2) is 18.7 Å². The zero-order chi connectivity index (χ0) is 24.4. The molecule has 1 saturated heterocycles. The van der Waals surface area contributed by atoms with E-state index in [-0.39, 0.29) is 37.0 Å². The van der Waals surface area contributed by atoms with E-state index in [1.54, 1.807) is 11.5 Å². The van der Waals surface area contributed by atoms with Crippen LogP contribution in [0.2, 0.25) is 0 Å². The van der Waals surface area contributed by atoms with Crippen LogP contribution in [0.1, 0.15) is 43.8 Å². The molecule has 0 bridgehead atoms. The number of nitrogens with two attached hydrogens (primary N) is 1. The van der Waals surface area contributed by atoms with Crippen LogP contribution in [0.4, 0.5) is 5.82 Å². The van der Waals surface area contributed by atoms with E-state index in [1.807, 2.05) is 0 Å². The minimum Gasteiger partial charge on any atom is -0.463 e. The van der Waals surface area contributed by atoms with Gasteiger partial charge in [0.05, 0.1) is 24.7 Å². The summed E-state index contributed by atoms with van der Waals surface area (Å²) in [4.78, 5) is 47.7. The first-order valence-corrected chi connectivity index (χ1v) is 10.4. The fourth-order valence-corrected chi connectivity index (χ4v) is 3.55. The summed E-state index contributed by atoms with van der Waals surface area (Å²) in [6, 6.07) is 0. The van der Waals surface area contributed by atoms with E-state index in [9.17, 15) is 14.4 Å². The highest BCUT2D eigenvalue weighted by atomic mass is 16.6. The third kappa shape index (κ3) is 4.66. The summed E-state index contributed by atoms with van der Waals surface area (Å²) < 4.78 is 24.3. The number of aromatic nitrogens is 6. The predicted molar refractivity (Wildman–Crippen MR) is 114 cm³/mol. The molecule has 180 valence electrons. The summed E-state index contributed by atoms with van der Waals surface area (Å²) in [5.41, 5.74) is 7.00. The van der Waals surface area contributed by atoms with Gasteiger partial charge in [-0.15, -0.1) is 0 Å². The Hall–Kier alpha value is -4.07. The van der Waals surface area contributed by atoms with E-state index in [0.717, 1.165) is 0 Å². The molecule has 1 aliphatic rings. The SMILES string of the molecule is CCOC(=O)c1cnn(-c2nc(N)c3ncn([C@H]4C[C@@H](OC(C)=O)[C@@H](COC(C)=O)O4)c3n2)c1. The van der Waals surface area contributed by atoms with E-state index in [2.05, 4.69) is 20.1 Å². The van der Waals surface area contributed by atoms with Gasteiger partial charge in [0.1, 0.15) is 30.6 Å². The van der Waals surface area contributed by atoms with Gasteiger partial charge in [-0.05, 0) is 6.92 Å². The normalized spacial score (nSPS) is 19.8. The number of esters is 3. The van der Waals surface area contributed by atoms with Crippen LogP contribution in [0.3, 0.4) is 0 Å². The van der Waals surface area contributed by atoms with Crippen molar-refractivity contribution in [3.8, 4) is 5.95 Å². The molecule has 4 rings (SSSR count). The molecule has 0 unspecified atom stereocenters. The Morgan fingerprint density at radius 2 is 2.00 bits per heavy atom. The Balaban J connectivity index is 1.65. The Labute approximate surface area is 193 Å². The van der Waals surface area contributed by atoms with Crippen molar-refractivity contribution in [1.82, 2.24) is 29.3 Å². The maximum absolute atomic E-state index is 11.9. The summed E-state index contributed by atoms with van der Waals surface area (Å²) in [5.74, 6) is -1.29. The zero-order valence-corrected chi connectivity index (χ0v) is 18.7. The number of carbonyl (C=O) groups excluding carboxylic acids is 3. The molecule has 0 aliphatic carbocycles. The highest BCUT2D eigenvalue weighted by Crippen LogP contribution is 2.33. The third-order valence-corrected chi connectivity index (χ3v) is 4.99. The molecule has 1 fully saturated rings. The van der Waals surface area contributed by atoms with Crippen LogP contribution < -0.4 is 5.73 Å². The number of hydrogen-bond acceptors (Lipinski definition) is 12. The number of anilines is 1. The second-order valence-corrected chi connectivity index (χ2v) is 7.44. The van der Waals surface area contributed by atoms with Crippen molar-refractivity contribution >= 4 is 34.9 Å². The Morgan fingerprint density at radius 3 is 2.71 bits per heavy atom. The molecule has 4 heterocycles. The number of ether oxygens (including phenoxy) is 4. The van der Waals surface area contributed by atoms with Gasteiger partial charge in [-0.2, -0.15) is 15.1 Å². The van der Waals surface area contributed by atoms with Crippen LogP contribution >= 0.6 is 0 Å². The van der Waals surface area contributed by atoms with E-state index in [4.69, 9.17) is 24.7 Å². The molecule has 14 heteroatoms. The maximum atomic E-state index is 11.9. The average Bonchev–Trinajstić information content (AvgIpc) is 3.50. The molecule has 3 atom stereocenters. The quantitative estimate of drug-likeness (QED) is 0.373. The van der Waals surface area contributed by atoms with Gasteiger partial charge in [-0.3, -0.25) is 14.2 Å². The lowest BCUT2D eigenvalue weighted by atomic mass is 10.2. The van der Waals surface area contributed by atoms with E-state index in [0.29, 0.717) is 11.2 Å². The summed E-state index contributed by atoms with van der Waals surface area (Å²) in [6.07, 6.45) is 2.56. The highest BCUT2D eigenvalue weighted by Gasteiger charge is 2.40. The minimum absolute atomic E-state index is 0.0806. The van der Waals surface area contributed by atoms with Gasteiger partial charge in [-0.25, -0.2) is 14.5 Å². The third-order valence-electron chi connectivity index (χ3n) is 4.99. The first kappa shape index (κ1) is 23.1. The first-order valence-electron chi connectivity index (χ1n) is 10.4. The molecule has 14 nitrogen and oxygen atoms in total.